The highest BCUT2D eigenvalue weighted by atomic mass is 28.4. The molecule has 0 aliphatic rings. The van der Waals surface area contributed by atoms with Crippen LogP contribution in [0.2, 0.25) is 36.3 Å². The molecule has 0 aromatic heterocycles. The van der Waals surface area contributed by atoms with Crippen LogP contribution in [0, 0.1) is 0 Å². The minimum absolute atomic E-state index is 0.0433. The second-order valence-electron chi connectivity index (χ2n) is 13.9. The van der Waals surface area contributed by atoms with E-state index < -0.39 is 28.6 Å². The Morgan fingerprint density at radius 2 is 1.17 bits per heavy atom. The van der Waals surface area contributed by atoms with Gasteiger partial charge in [0.15, 0.2) is 8.32 Å². The van der Waals surface area contributed by atoms with Crippen LogP contribution < -0.4 is 0 Å². The molecule has 2 atom stereocenters. The summed E-state index contributed by atoms with van der Waals surface area (Å²) in [7, 11) is -3.85. The van der Waals surface area contributed by atoms with Crippen molar-refractivity contribution in [1.29, 1.82) is 0 Å². The van der Waals surface area contributed by atoms with Crippen LogP contribution in [0.25, 0.3) is 0 Å². The van der Waals surface area contributed by atoms with Crippen molar-refractivity contribution in [2.24, 2.45) is 0 Å². The van der Waals surface area contributed by atoms with Gasteiger partial charge in [0.2, 0.25) is 0 Å². The Labute approximate surface area is 222 Å². The Hall–Kier alpha value is 0.0538. The van der Waals surface area contributed by atoms with E-state index >= 15 is 0 Å². The molecule has 0 radical (unpaired) electrons. The zero-order valence-corrected chi connectivity index (χ0v) is 27.7. The summed E-state index contributed by atoms with van der Waals surface area (Å²) in [5.74, 6) is 0. The standard InChI is InChI=1S/C30H64O3Si2/c1-12-13-14-15-16-17-18-19-20-21-22-23-26(34(8,9)29(2,3)4)24-27(32)28(25-31)33-35(10,11)30(5,6)7/h24,27-28,31-32H,12-23,25H2,1-11H3/b26-24-/t27-,28-/m1/s1. The van der Waals surface area contributed by atoms with E-state index in [1.807, 2.05) is 0 Å². The number of hydrogen-bond acceptors (Lipinski definition) is 3. The van der Waals surface area contributed by atoms with Crippen molar-refractivity contribution in [2.75, 3.05) is 6.61 Å². The number of unbranched alkanes of at least 4 members (excludes halogenated alkanes) is 10. The molecule has 3 nitrogen and oxygen atoms in total. The van der Waals surface area contributed by atoms with Gasteiger partial charge in [-0.3, -0.25) is 0 Å². The maximum Gasteiger partial charge on any atom is 0.192 e. The third kappa shape index (κ3) is 12.9. The van der Waals surface area contributed by atoms with Crippen LogP contribution in [-0.4, -0.2) is 45.4 Å². The summed E-state index contributed by atoms with van der Waals surface area (Å²) < 4.78 is 6.43. The molecular formula is C30H64O3Si2. The molecule has 0 bridgehead atoms. The van der Waals surface area contributed by atoms with Gasteiger partial charge in [-0.25, -0.2) is 0 Å². The molecular weight excluding hydrogens is 464 g/mol. The summed E-state index contributed by atoms with van der Waals surface area (Å²) in [5.41, 5.74) is 0. The molecule has 0 unspecified atom stereocenters. The first kappa shape index (κ1) is 35.1. The Kier molecular flexibility index (Phi) is 16.1. The Morgan fingerprint density at radius 3 is 1.54 bits per heavy atom. The van der Waals surface area contributed by atoms with Gasteiger partial charge in [0.05, 0.1) is 26.9 Å². The van der Waals surface area contributed by atoms with Crippen molar-refractivity contribution in [3.63, 3.8) is 0 Å². The molecule has 35 heavy (non-hydrogen) atoms. The van der Waals surface area contributed by atoms with Crippen LogP contribution >= 0.6 is 0 Å². The van der Waals surface area contributed by atoms with E-state index in [-0.39, 0.29) is 16.7 Å². The smallest absolute Gasteiger partial charge is 0.192 e. The van der Waals surface area contributed by atoms with E-state index in [2.05, 4.69) is 80.7 Å². The number of aliphatic hydroxyl groups excluding tert-OH is 2. The lowest BCUT2D eigenvalue weighted by Gasteiger charge is -2.41. The van der Waals surface area contributed by atoms with E-state index in [9.17, 15) is 10.2 Å². The number of aliphatic hydroxyl groups is 2. The lowest BCUT2D eigenvalue weighted by atomic mass is 10.0. The van der Waals surface area contributed by atoms with Crippen LogP contribution in [-0.2, 0) is 4.43 Å². The molecule has 0 aromatic carbocycles. The van der Waals surface area contributed by atoms with Gasteiger partial charge >= 0.3 is 0 Å². The van der Waals surface area contributed by atoms with Crippen molar-refractivity contribution >= 4 is 16.4 Å². The topological polar surface area (TPSA) is 49.7 Å². The SMILES string of the molecule is CCCCCCCCCCCCC/C(=C/[C@@H](O)[C@@H](CO)O[Si](C)(C)C(C)(C)C)[Si](C)(C)C(C)(C)C. The maximum absolute atomic E-state index is 11.2. The first-order valence-electron chi connectivity index (χ1n) is 14.7. The first-order valence-corrected chi connectivity index (χ1v) is 20.6. The maximum atomic E-state index is 11.2. The molecule has 0 saturated heterocycles. The molecule has 210 valence electrons. The van der Waals surface area contributed by atoms with Gasteiger partial charge in [0.25, 0.3) is 0 Å². The minimum Gasteiger partial charge on any atom is -0.409 e. The fourth-order valence-corrected chi connectivity index (χ4v) is 7.83. The highest BCUT2D eigenvalue weighted by molar-refractivity contribution is 6.86. The summed E-state index contributed by atoms with van der Waals surface area (Å²) in [6.07, 6.45) is 16.7. The normalized spacial score (nSPS) is 16.0. The van der Waals surface area contributed by atoms with Gasteiger partial charge in [0, 0.05) is 0 Å². The van der Waals surface area contributed by atoms with E-state index in [4.69, 9.17) is 4.43 Å². The number of allylic oxidation sites excluding steroid dienone is 1. The molecule has 5 heteroatoms. The summed E-state index contributed by atoms with van der Waals surface area (Å²) >= 11 is 0. The quantitative estimate of drug-likeness (QED) is 0.138. The first-order chi connectivity index (χ1) is 16.0. The second kappa shape index (κ2) is 16.1. The van der Waals surface area contributed by atoms with Crippen molar-refractivity contribution in [3.05, 3.63) is 11.3 Å². The predicted octanol–water partition coefficient (Wildman–Crippen LogP) is 9.41. The molecule has 0 aromatic rings. The summed E-state index contributed by atoms with van der Waals surface area (Å²) in [6, 6.07) is 0. The van der Waals surface area contributed by atoms with Gasteiger partial charge in [-0.05, 0) is 36.0 Å². The Morgan fingerprint density at radius 1 is 0.743 bits per heavy atom. The molecule has 0 spiro atoms. The Bertz CT molecular complexity index is 585. The van der Waals surface area contributed by atoms with Crippen LogP contribution in [0.4, 0.5) is 0 Å². The summed E-state index contributed by atoms with van der Waals surface area (Å²) in [5, 5.41) is 23.0. The molecule has 0 aliphatic heterocycles. The van der Waals surface area contributed by atoms with Crippen LogP contribution in [0.3, 0.4) is 0 Å². The van der Waals surface area contributed by atoms with Crippen molar-refractivity contribution in [1.82, 2.24) is 0 Å². The largest absolute Gasteiger partial charge is 0.409 e. The van der Waals surface area contributed by atoms with E-state index in [0.717, 1.165) is 6.42 Å². The van der Waals surface area contributed by atoms with Crippen LogP contribution in [0.1, 0.15) is 126 Å². The monoisotopic (exact) mass is 528 g/mol. The highest BCUT2D eigenvalue weighted by Gasteiger charge is 2.41. The number of rotatable bonds is 18. The third-order valence-electron chi connectivity index (χ3n) is 8.91. The molecule has 0 saturated carbocycles. The molecule has 0 aliphatic carbocycles. The average molecular weight is 529 g/mol. The van der Waals surface area contributed by atoms with Crippen LogP contribution in [0.15, 0.2) is 11.3 Å². The summed E-state index contributed by atoms with van der Waals surface area (Å²) in [4.78, 5) is 0. The molecule has 2 N–H and O–H groups in total. The molecule has 0 heterocycles. The van der Waals surface area contributed by atoms with Crippen molar-refractivity contribution in [3.8, 4) is 0 Å². The zero-order chi connectivity index (χ0) is 27.3. The third-order valence-corrected chi connectivity index (χ3v) is 19.2. The Balaban J connectivity index is 5.07. The van der Waals surface area contributed by atoms with E-state index in [0.29, 0.717) is 0 Å². The fraction of sp³-hybridized carbons (Fsp3) is 0.933. The zero-order valence-electron chi connectivity index (χ0n) is 25.7. The lowest BCUT2D eigenvalue weighted by molar-refractivity contribution is 0.0172. The highest BCUT2D eigenvalue weighted by Crippen LogP contribution is 2.43. The summed E-state index contributed by atoms with van der Waals surface area (Å²) in [6.45, 7) is 25.0. The van der Waals surface area contributed by atoms with E-state index in [1.54, 1.807) is 0 Å². The molecule has 0 amide bonds. The molecule has 0 rings (SSSR count). The van der Waals surface area contributed by atoms with Gasteiger partial charge in [-0.15, -0.1) is 0 Å². The minimum atomic E-state index is -2.08. The van der Waals surface area contributed by atoms with Gasteiger partial charge in [0.1, 0.15) is 0 Å². The molecule has 0 fully saturated rings. The van der Waals surface area contributed by atoms with Crippen LogP contribution in [0.5, 0.6) is 0 Å². The van der Waals surface area contributed by atoms with Gasteiger partial charge in [-0.2, -0.15) is 0 Å². The number of hydrogen-bond donors (Lipinski definition) is 2. The van der Waals surface area contributed by atoms with Gasteiger partial charge < -0.3 is 14.6 Å². The van der Waals surface area contributed by atoms with Crippen molar-refractivity contribution < 1.29 is 14.6 Å². The second-order valence-corrected chi connectivity index (χ2v) is 24.1. The fourth-order valence-electron chi connectivity index (χ4n) is 4.15. The average Bonchev–Trinajstić information content (AvgIpc) is 2.73. The predicted molar refractivity (Wildman–Crippen MR) is 162 cm³/mol. The van der Waals surface area contributed by atoms with E-state index in [1.165, 1.54) is 75.8 Å². The van der Waals surface area contributed by atoms with Crippen molar-refractivity contribution in [2.45, 2.75) is 174 Å². The van der Waals surface area contributed by atoms with Gasteiger partial charge in [-0.1, -0.05) is 137 Å². The lowest BCUT2D eigenvalue weighted by Crippen LogP contribution is -2.48.